The van der Waals surface area contributed by atoms with Gasteiger partial charge in [-0.2, -0.15) is 10.2 Å². The van der Waals surface area contributed by atoms with E-state index in [4.69, 9.17) is 9.97 Å². The van der Waals surface area contributed by atoms with Gasteiger partial charge in [-0.05, 0) is 117 Å². The van der Waals surface area contributed by atoms with Gasteiger partial charge in [-0.25, -0.2) is 4.98 Å². The molecule has 16 rings (SSSR count). The molecule has 14 aromatic rings. The van der Waals surface area contributed by atoms with Crippen LogP contribution in [0.1, 0.15) is 5.56 Å². The summed E-state index contributed by atoms with van der Waals surface area (Å²) in [6.45, 7) is 0. The first-order valence-electron chi connectivity index (χ1n) is 26.6. The standard InChI is InChI=1S/C71H43N5O2P2/c72-44-45-27-29-46(30-28-45)61-43-70(75-62-23-11-7-19-53(62)57-39-47(31-35-64(57)75)49-33-37-68-59(41-49)55-21-9-13-25-66(55)79(68,77)51-15-3-1-4-16-51)74-71(73-61)76-63-24-12-8-20-54(63)58-40-48(32-36-65(58)76)50-34-38-69-60(42-50)56-22-10-14-26-67(56)80(69,78)52-17-5-2-6-18-52/h1-43H. The fraction of sp³-hybridized carbons (Fsp3) is 0. The van der Waals surface area contributed by atoms with Gasteiger partial charge in [0, 0.05) is 65.0 Å². The van der Waals surface area contributed by atoms with Crippen molar-refractivity contribution in [3.63, 3.8) is 0 Å². The molecule has 0 saturated carbocycles. The molecule has 0 aliphatic carbocycles. The van der Waals surface area contributed by atoms with E-state index in [2.05, 4.69) is 149 Å². The lowest BCUT2D eigenvalue weighted by Gasteiger charge is -2.16. The molecule has 0 spiro atoms. The molecule has 3 aromatic heterocycles. The molecule has 0 fully saturated rings. The second-order valence-corrected chi connectivity index (χ2v) is 26.1. The van der Waals surface area contributed by atoms with Crippen molar-refractivity contribution in [1.29, 1.82) is 5.26 Å². The summed E-state index contributed by atoms with van der Waals surface area (Å²) in [6.07, 6.45) is 0. The van der Waals surface area contributed by atoms with E-state index in [0.29, 0.717) is 23.0 Å². The van der Waals surface area contributed by atoms with Gasteiger partial charge in [-0.15, -0.1) is 0 Å². The van der Waals surface area contributed by atoms with Crippen LogP contribution in [0.4, 0.5) is 0 Å². The van der Waals surface area contributed by atoms with Crippen LogP contribution in [0.5, 0.6) is 0 Å². The van der Waals surface area contributed by atoms with Crippen LogP contribution in [0.15, 0.2) is 261 Å². The lowest BCUT2D eigenvalue weighted by atomic mass is 9.98. The van der Waals surface area contributed by atoms with E-state index < -0.39 is 14.3 Å². The van der Waals surface area contributed by atoms with Crippen molar-refractivity contribution in [1.82, 2.24) is 19.1 Å². The van der Waals surface area contributed by atoms with E-state index >= 15 is 9.13 Å². The molecule has 374 valence electrons. The van der Waals surface area contributed by atoms with Crippen molar-refractivity contribution in [3.05, 3.63) is 266 Å². The van der Waals surface area contributed by atoms with Gasteiger partial charge in [0.25, 0.3) is 0 Å². The van der Waals surface area contributed by atoms with E-state index in [1.165, 1.54) is 0 Å². The average molecular weight is 1060 g/mol. The Morgan fingerprint density at radius 3 is 1.29 bits per heavy atom. The molecule has 2 aliphatic heterocycles. The first-order chi connectivity index (χ1) is 39.4. The van der Waals surface area contributed by atoms with Crippen LogP contribution in [0, 0.1) is 11.3 Å². The number of aromatic nitrogens is 4. The van der Waals surface area contributed by atoms with Crippen molar-refractivity contribution in [3.8, 4) is 73.6 Å². The van der Waals surface area contributed by atoms with Crippen molar-refractivity contribution in [2.45, 2.75) is 0 Å². The Morgan fingerprint density at radius 1 is 0.338 bits per heavy atom. The van der Waals surface area contributed by atoms with Gasteiger partial charge in [0.15, 0.2) is 14.3 Å². The van der Waals surface area contributed by atoms with Crippen LogP contribution in [0.25, 0.3) is 111 Å². The normalized spacial score (nSPS) is 15.9. The highest BCUT2D eigenvalue weighted by molar-refractivity contribution is 7.87. The molecule has 5 heterocycles. The molecular formula is C71H43N5O2P2. The third kappa shape index (κ3) is 6.68. The number of hydrogen-bond acceptors (Lipinski definition) is 5. The van der Waals surface area contributed by atoms with Crippen molar-refractivity contribution < 1.29 is 9.13 Å². The van der Waals surface area contributed by atoms with Crippen LogP contribution in [0.2, 0.25) is 0 Å². The predicted octanol–water partition coefficient (Wildman–Crippen LogP) is 14.8. The molecule has 0 bridgehead atoms. The quantitative estimate of drug-likeness (QED) is 0.148. The highest BCUT2D eigenvalue weighted by Crippen LogP contribution is 2.54. The van der Waals surface area contributed by atoms with Crippen LogP contribution < -0.4 is 31.8 Å². The number of hydrogen-bond donors (Lipinski definition) is 0. The molecule has 0 saturated heterocycles. The molecular weight excluding hydrogens is 1020 g/mol. The summed E-state index contributed by atoms with van der Waals surface area (Å²) in [5.41, 5.74) is 14.2. The molecule has 0 radical (unpaired) electrons. The third-order valence-electron chi connectivity index (χ3n) is 16.4. The Kier molecular flexibility index (Phi) is 10.1. The van der Waals surface area contributed by atoms with Gasteiger partial charge in [-0.1, -0.05) is 182 Å². The SMILES string of the molecule is N#Cc1ccc(-c2cc(-n3c4ccccc4c4cc(-c5ccc6c(c5)-c5ccccc5P6(=O)c5ccccc5)ccc43)nc(-n3c4ccccc4c4cc(-c5ccc6c(c5)-c5ccccc5P6(=O)c5ccccc5)ccc43)n2)cc1. The first kappa shape index (κ1) is 46.2. The maximum absolute atomic E-state index is 15.3. The van der Waals surface area contributed by atoms with Gasteiger partial charge >= 0.3 is 0 Å². The highest BCUT2D eigenvalue weighted by Gasteiger charge is 2.41. The second kappa shape index (κ2) is 17.5. The molecule has 7 nitrogen and oxygen atoms in total. The summed E-state index contributed by atoms with van der Waals surface area (Å²) in [6, 6.07) is 90.8. The van der Waals surface area contributed by atoms with E-state index in [-0.39, 0.29) is 0 Å². The zero-order valence-corrected chi connectivity index (χ0v) is 44.6. The second-order valence-electron chi connectivity index (χ2n) is 20.7. The Labute approximate surface area is 460 Å². The van der Waals surface area contributed by atoms with Crippen LogP contribution in [0.3, 0.4) is 0 Å². The van der Waals surface area contributed by atoms with Crippen LogP contribution in [-0.4, -0.2) is 19.1 Å². The number of rotatable bonds is 7. The first-order valence-corrected chi connectivity index (χ1v) is 30.1. The summed E-state index contributed by atoms with van der Waals surface area (Å²) < 4.78 is 35.0. The minimum absolute atomic E-state index is 0.500. The van der Waals surface area contributed by atoms with E-state index in [9.17, 15) is 5.26 Å². The van der Waals surface area contributed by atoms with Crippen LogP contribution >= 0.6 is 14.3 Å². The summed E-state index contributed by atoms with van der Waals surface area (Å²) in [5.74, 6) is 1.19. The maximum atomic E-state index is 15.3. The number of para-hydroxylation sites is 2. The van der Waals surface area contributed by atoms with Crippen molar-refractivity contribution in [2.75, 3.05) is 0 Å². The number of nitrogens with zero attached hydrogens (tertiary/aromatic N) is 5. The number of fused-ring (bicyclic) bond motifs is 12. The lowest BCUT2D eigenvalue weighted by Crippen LogP contribution is -2.20. The lowest BCUT2D eigenvalue weighted by molar-refractivity contribution is 0.592. The Hall–Kier alpha value is -9.95. The Balaban J connectivity index is 0.853. The third-order valence-corrected chi connectivity index (χ3v) is 22.8. The summed E-state index contributed by atoms with van der Waals surface area (Å²) >= 11 is 0. The van der Waals surface area contributed by atoms with Crippen molar-refractivity contribution >= 4 is 89.7 Å². The highest BCUT2D eigenvalue weighted by atomic mass is 31.2. The van der Waals surface area contributed by atoms with Gasteiger partial charge in [-0.3, -0.25) is 9.13 Å². The fourth-order valence-electron chi connectivity index (χ4n) is 12.7. The number of nitriles is 1. The van der Waals surface area contributed by atoms with Gasteiger partial charge in [0.05, 0.1) is 39.4 Å². The predicted molar refractivity (Wildman–Crippen MR) is 329 cm³/mol. The number of benzene rings is 11. The van der Waals surface area contributed by atoms with Gasteiger partial charge in [0.1, 0.15) is 5.82 Å². The van der Waals surface area contributed by atoms with Gasteiger partial charge < -0.3 is 9.13 Å². The molecule has 2 atom stereocenters. The van der Waals surface area contributed by atoms with Crippen LogP contribution in [-0.2, 0) is 9.13 Å². The molecule has 0 N–H and O–H groups in total. The molecule has 9 heteroatoms. The monoisotopic (exact) mass is 1060 g/mol. The molecule has 0 amide bonds. The Bertz CT molecular complexity index is 4810. The zero-order valence-electron chi connectivity index (χ0n) is 42.8. The summed E-state index contributed by atoms with van der Waals surface area (Å²) in [7, 11) is -6.15. The smallest absolute Gasteiger partial charge is 0.237 e. The largest absolute Gasteiger partial charge is 0.309 e. The summed E-state index contributed by atoms with van der Waals surface area (Å²) in [4.78, 5) is 10.9. The van der Waals surface area contributed by atoms with Crippen molar-refractivity contribution in [2.24, 2.45) is 0 Å². The average Bonchev–Trinajstić information content (AvgIpc) is 4.28. The molecule has 80 heavy (non-hydrogen) atoms. The minimum Gasteiger partial charge on any atom is -0.309 e. The molecule has 2 aliphatic rings. The fourth-order valence-corrected chi connectivity index (χ4v) is 18.8. The maximum Gasteiger partial charge on any atom is 0.237 e. The Morgan fingerprint density at radius 2 is 0.750 bits per heavy atom. The molecule has 2 unspecified atom stereocenters. The summed E-state index contributed by atoms with van der Waals surface area (Å²) in [5, 5.41) is 19.2. The van der Waals surface area contributed by atoms with E-state index in [1.54, 1.807) is 0 Å². The topological polar surface area (TPSA) is 93.6 Å². The minimum atomic E-state index is -3.08. The van der Waals surface area contributed by atoms with E-state index in [0.717, 1.165) is 126 Å². The molecule has 11 aromatic carbocycles. The van der Waals surface area contributed by atoms with Gasteiger partial charge in [0.2, 0.25) is 5.95 Å². The van der Waals surface area contributed by atoms with E-state index in [1.807, 2.05) is 127 Å². The zero-order chi connectivity index (χ0) is 53.3.